The number of benzene rings is 2. The number of halogens is 2. The normalized spacial score (nSPS) is 14.8. The van der Waals surface area contributed by atoms with Gasteiger partial charge >= 0.3 is 5.97 Å². The summed E-state index contributed by atoms with van der Waals surface area (Å²) in [5.41, 5.74) is 1.21. The summed E-state index contributed by atoms with van der Waals surface area (Å²) in [6, 6.07) is 10.00. The molecule has 0 saturated carbocycles. The van der Waals surface area contributed by atoms with Crippen LogP contribution in [0.2, 0.25) is 10.0 Å². The summed E-state index contributed by atoms with van der Waals surface area (Å²) in [4.78, 5) is 26.4. The van der Waals surface area contributed by atoms with E-state index < -0.39 is 5.97 Å². The lowest BCUT2D eigenvalue weighted by molar-refractivity contribution is -0.145. The van der Waals surface area contributed by atoms with Crippen LogP contribution in [0.15, 0.2) is 41.3 Å². The summed E-state index contributed by atoms with van der Waals surface area (Å²) in [6.07, 6.45) is 1.69. The second kappa shape index (κ2) is 10.4. The maximum Gasteiger partial charge on any atom is 0.344 e. The molecular formula is C21H17Cl2NO5S2. The summed E-state index contributed by atoms with van der Waals surface area (Å²) in [6.45, 7) is 1.72. The zero-order valence-electron chi connectivity index (χ0n) is 16.5. The molecular weight excluding hydrogens is 481 g/mol. The molecule has 6 nitrogen and oxygen atoms in total. The average Bonchev–Trinajstić information content (AvgIpc) is 3.02. The fourth-order valence-electron chi connectivity index (χ4n) is 2.70. The van der Waals surface area contributed by atoms with Crippen LogP contribution in [-0.4, -0.2) is 36.5 Å². The van der Waals surface area contributed by atoms with Gasteiger partial charge in [-0.05, 0) is 48.9 Å². The van der Waals surface area contributed by atoms with Crippen LogP contribution in [0.5, 0.6) is 11.5 Å². The van der Waals surface area contributed by atoms with Gasteiger partial charge in [-0.2, -0.15) is 0 Å². The molecule has 0 atom stereocenters. The number of nitrogens with zero attached hydrogens (tertiary/aromatic N) is 1. The SMILES string of the molecule is CCOC(=O)COc1cc(/C=C2/SC(=S)N(c3ccc(Cl)c(Cl)c3)C2=O)ccc1OC. The number of amides is 1. The van der Waals surface area contributed by atoms with Crippen molar-refractivity contribution >= 4 is 75.1 Å². The molecule has 1 amide bonds. The standard InChI is InChI=1S/C21H17Cl2NO5S2/c1-3-28-19(25)11-29-17-8-12(4-7-16(17)27-2)9-18-20(26)24(21(30)31-18)13-5-6-14(22)15(23)10-13/h4-10H,3,11H2,1-2H3/b18-9+. The minimum Gasteiger partial charge on any atom is -0.493 e. The number of esters is 1. The molecule has 1 fully saturated rings. The number of carbonyl (C=O) groups excluding carboxylic acids is 2. The predicted molar refractivity (Wildman–Crippen MR) is 127 cm³/mol. The number of ether oxygens (including phenoxy) is 3. The number of hydrogen-bond donors (Lipinski definition) is 0. The molecule has 0 unspecified atom stereocenters. The number of carbonyl (C=O) groups is 2. The van der Waals surface area contributed by atoms with E-state index in [0.717, 1.165) is 0 Å². The van der Waals surface area contributed by atoms with Crippen molar-refractivity contribution in [1.82, 2.24) is 0 Å². The molecule has 2 aromatic carbocycles. The van der Waals surface area contributed by atoms with Gasteiger partial charge in [0.15, 0.2) is 22.4 Å². The number of anilines is 1. The van der Waals surface area contributed by atoms with Crippen molar-refractivity contribution in [2.45, 2.75) is 6.92 Å². The first-order valence-corrected chi connectivity index (χ1v) is 11.0. The van der Waals surface area contributed by atoms with Crippen LogP contribution in [0.25, 0.3) is 6.08 Å². The summed E-state index contributed by atoms with van der Waals surface area (Å²) in [5.74, 6) is 0.0321. The Kier molecular flexibility index (Phi) is 7.83. The highest BCUT2D eigenvalue weighted by Crippen LogP contribution is 2.38. The van der Waals surface area contributed by atoms with Crippen molar-refractivity contribution in [3.63, 3.8) is 0 Å². The van der Waals surface area contributed by atoms with Crippen molar-refractivity contribution in [3.05, 3.63) is 56.9 Å². The van der Waals surface area contributed by atoms with Gasteiger partial charge in [0.2, 0.25) is 0 Å². The van der Waals surface area contributed by atoms with Crippen LogP contribution in [0, 0.1) is 0 Å². The molecule has 1 heterocycles. The molecule has 3 rings (SSSR count). The molecule has 0 N–H and O–H groups in total. The Hall–Kier alpha value is -2.26. The Labute approximate surface area is 199 Å². The van der Waals surface area contributed by atoms with Gasteiger partial charge in [0.05, 0.1) is 34.4 Å². The van der Waals surface area contributed by atoms with Crippen LogP contribution >= 0.6 is 47.2 Å². The highest BCUT2D eigenvalue weighted by molar-refractivity contribution is 8.27. The fourth-order valence-corrected chi connectivity index (χ4v) is 4.29. The van der Waals surface area contributed by atoms with Gasteiger partial charge < -0.3 is 14.2 Å². The van der Waals surface area contributed by atoms with E-state index in [1.165, 1.54) is 23.8 Å². The first kappa shape index (κ1) is 23.4. The largest absolute Gasteiger partial charge is 0.493 e. The van der Waals surface area contributed by atoms with Gasteiger partial charge in [-0.3, -0.25) is 9.69 Å². The van der Waals surface area contributed by atoms with Crippen LogP contribution in [0.3, 0.4) is 0 Å². The molecule has 0 bridgehead atoms. The third-order valence-electron chi connectivity index (χ3n) is 4.09. The van der Waals surface area contributed by atoms with Crippen molar-refractivity contribution in [2.75, 3.05) is 25.2 Å². The average molecular weight is 498 g/mol. The molecule has 2 aromatic rings. The summed E-state index contributed by atoms with van der Waals surface area (Å²) in [5, 5.41) is 0.718. The molecule has 0 radical (unpaired) electrons. The Morgan fingerprint density at radius 1 is 1.16 bits per heavy atom. The molecule has 1 aliphatic heterocycles. The Morgan fingerprint density at radius 3 is 2.61 bits per heavy atom. The zero-order valence-corrected chi connectivity index (χ0v) is 19.7. The number of rotatable bonds is 7. The third-order valence-corrected chi connectivity index (χ3v) is 6.13. The second-order valence-corrected chi connectivity index (χ2v) is 8.61. The smallest absolute Gasteiger partial charge is 0.344 e. The quantitative estimate of drug-likeness (QED) is 0.290. The fraction of sp³-hybridized carbons (Fsp3) is 0.190. The topological polar surface area (TPSA) is 65.1 Å². The monoisotopic (exact) mass is 497 g/mol. The van der Waals surface area contributed by atoms with Crippen LogP contribution in [0.4, 0.5) is 5.69 Å². The molecule has 162 valence electrons. The van der Waals surface area contributed by atoms with E-state index in [2.05, 4.69) is 0 Å². The highest BCUT2D eigenvalue weighted by Gasteiger charge is 2.33. The first-order chi connectivity index (χ1) is 14.8. The van der Waals surface area contributed by atoms with Crippen LogP contribution in [-0.2, 0) is 14.3 Å². The van der Waals surface area contributed by atoms with Crippen LogP contribution < -0.4 is 14.4 Å². The maximum absolute atomic E-state index is 13.0. The van der Waals surface area contributed by atoms with E-state index in [0.29, 0.717) is 42.0 Å². The minimum atomic E-state index is -0.488. The van der Waals surface area contributed by atoms with E-state index in [1.54, 1.807) is 49.4 Å². The van der Waals surface area contributed by atoms with E-state index in [9.17, 15) is 9.59 Å². The molecule has 10 heteroatoms. The van der Waals surface area contributed by atoms with Gasteiger partial charge in [-0.15, -0.1) is 0 Å². The Morgan fingerprint density at radius 2 is 1.94 bits per heavy atom. The Bertz CT molecular complexity index is 1070. The molecule has 1 saturated heterocycles. The van der Waals surface area contributed by atoms with Gasteiger partial charge in [0, 0.05) is 0 Å². The van der Waals surface area contributed by atoms with E-state index in [4.69, 9.17) is 49.6 Å². The van der Waals surface area contributed by atoms with Crippen molar-refractivity contribution in [2.24, 2.45) is 0 Å². The molecule has 0 spiro atoms. The first-order valence-electron chi connectivity index (χ1n) is 9.03. The molecule has 1 aliphatic rings. The lowest BCUT2D eigenvalue weighted by Crippen LogP contribution is -2.27. The second-order valence-electron chi connectivity index (χ2n) is 6.12. The lowest BCUT2D eigenvalue weighted by Gasteiger charge is -2.15. The zero-order chi connectivity index (χ0) is 22.5. The van der Waals surface area contributed by atoms with Crippen molar-refractivity contribution in [3.8, 4) is 11.5 Å². The number of hydrogen-bond acceptors (Lipinski definition) is 7. The third kappa shape index (κ3) is 5.51. The predicted octanol–water partition coefficient (Wildman–Crippen LogP) is 5.35. The minimum absolute atomic E-state index is 0.257. The molecule has 0 aliphatic carbocycles. The summed E-state index contributed by atoms with van der Waals surface area (Å²) in [7, 11) is 1.49. The van der Waals surface area contributed by atoms with Gasteiger partial charge in [0.1, 0.15) is 0 Å². The lowest BCUT2D eigenvalue weighted by atomic mass is 10.2. The van der Waals surface area contributed by atoms with Crippen LogP contribution in [0.1, 0.15) is 12.5 Å². The highest BCUT2D eigenvalue weighted by atomic mass is 35.5. The number of thioether (sulfide) groups is 1. The van der Waals surface area contributed by atoms with E-state index in [1.807, 2.05) is 0 Å². The van der Waals surface area contributed by atoms with Crippen molar-refractivity contribution < 1.29 is 23.8 Å². The summed E-state index contributed by atoms with van der Waals surface area (Å²) >= 11 is 18.6. The van der Waals surface area contributed by atoms with Gasteiger partial charge in [-0.1, -0.05) is 53.2 Å². The number of methoxy groups -OCH3 is 1. The van der Waals surface area contributed by atoms with Crippen molar-refractivity contribution in [1.29, 1.82) is 0 Å². The molecule has 31 heavy (non-hydrogen) atoms. The van der Waals surface area contributed by atoms with E-state index in [-0.39, 0.29) is 19.1 Å². The maximum atomic E-state index is 13.0. The Balaban J connectivity index is 1.84. The molecule has 0 aromatic heterocycles. The number of thiocarbonyl (C=S) groups is 1. The van der Waals surface area contributed by atoms with Gasteiger partial charge in [0.25, 0.3) is 5.91 Å². The van der Waals surface area contributed by atoms with Gasteiger partial charge in [-0.25, -0.2) is 4.79 Å². The summed E-state index contributed by atoms with van der Waals surface area (Å²) < 4.78 is 16.0. The van der Waals surface area contributed by atoms with E-state index >= 15 is 0 Å².